The van der Waals surface area contributed by atoms with E-state index in [1.54, 1.807) is 36.7 Å². The molecule has 0 bridgehead atoms. The molecule has 0 spiro atoms. The summed E-state index contributed by atoms with van der Waals surface area (Å²) in [6, 6.07) is 1.74. The summed E-state index contributed by atoms with van der Waals surface area (Å²) in [5, 5.41) is 5.08. The van der Waals surface area contributed by atoms with Crippen LogP contribution in [0.15, 0.2) is 6.07 Å². The van der Waals surface area contributed by atoms with Gasteiger partial charge in [0.15, 0.2) is 5.65 Å². The SMILES string of the molecule is CCOC(=O)C1CCN(C(=O)CN(C)C(=O)c2cc(C)nc3c2c(C)nn3C)CC1. The Kier molecular flexibility index (Phi) is 6.38. The van der Waals surface area contributed by atoms with Gasteiger partial charge in [-0.3, -0.25) is 19.1 Å². The predicted octanol–water partition coefficient (Wildman–Crippen LogP) is 1.46. The number of carbonyl (C=O) groups excluding carboxylic acids is 3. The molecule has 9 nitrogen and oxygen atoms in total. The number of likely N-dealkylation sites (N-methyl/N-ethyl adjacent to an activating group) is 1. The van der Waals surface area contributed by atoms with Crippen LogP contribution in [-0.2, 0) is 21.4 Å². The molecule has 0 aromatic carbocycles. The molecular formula is C21H29N5O4. The second-order valence-electron chi connectivity index (χ2n) is 7.79. The number of amides is 2. The second kappa shape index (κ2) is 8.81. The molecule has 0 radical (unpaired) electrons. The van der Waals surface area contributed by atoms with E-state index in [0.29, 0.717) is 49.1 Å². The van der Waals surface area contributed by atoms with Crippen molar-refractivity contribution in [2.75, 3.05) is 33.3 Å². The normalized spacial score (nSPS) is 14.8. The Hall–Kier alpha value is -2.97. The molecule has 1 saturated heterocycles. The summed E-state index contributed by atoms with van der Waals surface area (Å²) in [6.07, 6.45) is 1.17. The zero-order valence-electron chi connectivity index (χ0n) is 18.3. The smallest absolute Gasteiger partial charge is 0.309 e. The van der Waals surface area contributed by atoms with E-state index in [0.717, 1.165) is 11.4 Å². The zero-order chi connectivity index (χ0) is 22.0. The Balaban J connectivity index is 1.68. The van der Waals surface area contributed by atoms with Crippen molar-refractivity contribution in [3.05, 3.63) is 23.0 Å². The number of piperidine rings is 1. The fourth-order valence-corrected chi connectivity index (χ4v) is 3.94. The maximum Gasteiger partial charge on any atom is 0.309 e. The van der Waals surface area contributed by atoms with Crippen LogP contribution in [0.25, 0.3) is 11.0 Å². The molecule has 0 atom stereocenters. The van der Waals surface area contributed by atoms with E-state index in [-0.39, 0.29) is 30.2 Å². The Morgan fingerprint density at radius 1 is 1.23 bits per heavy atom. The maximum absolute atomic E-state index is 13.1. The number of carbonyl (C=O) groups is 3. The number of hydrogen-bond acceptors (Lipinski definition) is 6. The molecule has 0 aliphatic carbocycles. The van der Waals surface area contributed by atoms with Gasteiger partial charge in [0.05, 0.1) is 35.7 Å². The Labute approximate surface area is 176 Å². The summed E-state index contributed by atoms with van der Waals surface area (Å²) in [4.78, 5) is 45.4. The Bertz CT molecular complexity index is 975. The molecule has 3 rings (SSSR count). The third-order valence-electron chi connectivity index (χ3n) is 5.51. The molecule has 1 aliphatic rings. The molecule has 3 heterocycles. The number of aryl methyl sites for hydroxylation is 3. The van der Waals surface area contributed by atoms with Crippen LogP contribution in [0.4, 0.5) is 0 Å². The molecule has 2 aromatic rings. The molecular weight excluding hydrogens is 386 g/mol. The van der Waals surface area contributed by atoms with E-state index in [4.69, 9.17) is 4.74 Å². The van der Waals surface area contributed by atoms with E-state index in [9.17, 15) is 14.4 Å². The summed E-state index contributed by atoms with van der Waals surface area (Å²) in [7, 11) is 3.42. The number of rotatable bonds is 5. The van der Waals surface area contributed by atoms with Crippen LogP contribution in [0.1, 0.15) is 41.5 Å². The summed E-state index contributed by atoms with van der Waals surface area (Å²) in [5.41, 5.74) is 2.59. The van der Waals surface area contributed by atoms with Crippen LogP contribution >= 0.6 is 0 Å². The molecule has 0 N–H and O–H groups in total. The minimum absolute atomic E-state index is 0.0227. The largest absolute Gasteiger partial charge is 0.466 e. The van der Waals surface area contributed by atoms with Crippen molar-refractivity contribution >= 4 is 28.8 Å². The monoisotopic (exact) mass is 415 g/mol. The highest BCUT2D eigenvalue weighted by Gasteiger charge is 2.29. The first-order valence-electron chi connectivity index (χ1n) is 10.2. The van der Waals surface area contributed by atoms with E-state index in [2.05, 4.69) is 10.1 Å². The molecule has 1 fully saturated rings. The van der Waals surface area contributed by atoms with Gasteiger partial charge in [-0.05, 0) is 39.7 Å². The first kappa shape index (κ1) is 21.7. The van der Waals surface area contributed by atoms with E-state index >= 15 is 0 Å². The van der Waals surface area contributed by atoms with Crippen LogP contribution < -0.4 is 0 Å². The average Bonchev–Trinajstić information content (AvgIpc) is 3.00. The van der Waals surface area contributed by atoms with Crippen molar-refractivity contribution in [2.45, 2.75) is 33.6 Å². The molecule has 30 heavy (non-hydrogen) atoms. The van der Waals surface area contributed by atoms with E-state index in [1.165, 1.54) is 4.90 Å². The molecule has 162 valence electrons. The third kappa shape index (κ3) is 4.29. The lowest BCUT2D eigenvalue weighted by Crippen LogP contribution is -2.45. The van der Waals surface area contributed by atoms with Crippen molar-refractivity contribution in [3.63, 3.8) is 0 Å². The van der Waals surface area contributed by atoms with Crippen LogP contribution in [-0.4, -0.2) is 75.6 Å². The lowest BCUT2D eigenvalue weighted by atomic mass is 9.97. The van der Waals surface area contributed by atoms with Crippen molar-refractivity contribution in [3.8, 4) is 0 Å². The van der Waals surface area contributed by atoms with Gasteiger partial charge in [-0.15, -0.1) is 0 Å². The summed E-state index contributed by atoms with van der Waals surface area (Å²) in [6.45, 7) is 6.78. The first-order valence-corrected chi connectivity index (χ1v) is 10.2. The van der Waals surface area contributed by atoms with Gasteiger partial charge in [-0.25, -0.2) is 4.98 Å². The van der Waals surface area contributed by atoms with Gasteiger partial charge < -0.3 is 14.5 Å². The molecule has 9 heteroatoms. The molecule has 0 saturated carbocycles. The number of likely N-dealkylation sites (tertiary alicyclic amines) is 1. The second-order valence-corrected chi connectivity index (χ2v) is 7.79. The number of fused-ring (bicyclic) bond motifs is 1. The van der Waals surface area contributed by atoms with Gasteiger partial charge in [0.2, 0.25) is 5.91 Å². The number of nitrogens with zero attached hydrogens (tertiary/aromatic N) is 5. The lowest BCUT2D eigenvalue weighted by molar-refractivity contribution is -0.151. The van der Waals surface area contributed by atoms with Gasteiger partial charge in [0.25, 0.3) is 5.91 Å². The molecule has 2 amide bonds. The van der Waals surface area contributed by atoms with Gasteiger partial charge >= 0.3 is 5.97 Å². The van der Waals surface area contributed by atoms with Crippen molar-refractivity contribution in [2.24, 2.45) is 13.0 Å². The highest BCUT2D eigenvalue weighted by molar-refractivity contribution is 6.07. The summed E-state index contributed by atoms with van der Waals surface area (Å²) in [5.74, 6) is -0.717. The predicted molar refractivity (Wildman–Crippen MR) is 111 cm³/mol. The Morgan fingerprint density at radius 3 is 2.53 bits per heavy atom. The minimum Gasteiger partial charge on any atom is -0.466 e. The van der Waals surface area contributed by atoms with Crippen molar-refractivity contribution in [1.29, 1.82) is 0 Å². The van der Waals surface area contributed by atoms with E-state index < -0.39 is 0 Å². The molecule has 0 unspecified atom stereocenters. The standard InChI is InChI=1S/C21H29N5O4/c1-6-30-21(29)15-7-9-26(10-8-15)17(27)12-24(4)20(28)16-11-13(2)22-19-18(16)14(3)23-25(19)5/h11,15H,6-10,12H2,1-5H3. The average molecular weight is 415 g/mol. The Morgan fingerprint density at radius 2 is 1.90 bits per heavy atom. The van der Waals surface area contributed by atoms with Crippen LogP contribution in [0.3, 0.4) is 0 Å². The zero-order valence-corrected chi connectivity index (χ0v) is 18.3. The summed E-state index contributed by atoms with van der Waals surface area (Å²) < 4.78 is 6.73. The fraction of sp³-hybridized carbons (Fsp3) is 0.571. The van der Waals surface area contributed by atoms with Gasteiger partial charge in [0, 0.05) is 32.9 Å². The van der Waals surface area contributed by atoms with Gasteiger partial charge in [-0.1, -0.05) is 0 Å². The first-order chi connectivity index (χ1) is 14.2. The highest BCUT2D eigenvalue weighted by Crippen LogP contribution is 2.23. The molecule has 2 aromatic heterocycles. The minimum atomic E-state index is -0.239. The van der Waals surface area contributed by atoms with E-state index in [1.807, 2.05) is 13.8 Å². The van der Waals surface area contributed by atoms with Crippen molar-refractivity contribution in [1.82, 2.24) is 24.6 Å². The maximum atomic E-state index is 13.1. The number of ether oxygens (including phenoxy) is 1. The van der Waals surface area contributed by atoms with Crippen LogP contribution in [0.2, 0.25) is 0 Å². The number of hydrogen-bond donors (Lipinski definition) is 0. The number of aromatic nitrogens is 3. The lowest BCUT2D eigenvalue weighted by Gasteiger charge is -2.32. The number of pyridine rings is 1. The third-order valence-corrected chi connectivity index (χ3v) is 5.51. The quantitative estimate of drug-likeness (QED) is 0.686. The van der Waals surface area contributed by atoms with Gasteiger partial charge in [-0.2, -0.15) is 5.10 Å². The van der Waals surface area contributed by atoms with Gasteiger partial charge in [0.1, 0.15) is 0 Å². The fourth-order valence-electron chi connectivity index (χ4n) is 3.94. The highest BCUT2D eigenvalue weighted by atomic mass is 16.5. The van der Waals surface area contributed by atoms with Crippen LogP contribution in [0.5, 0.6) is 0 Å². The van der Waals surface area contributed by atoms with Crippen LogP contribution in [0, 0.1) is 19.8 Å². The molecule has 1 aliphatic heterocycles. The van der Waals surface area contributed by atoms with Crippen molar-refractivity contribution < 1.29 is 19.1 Å². The summed E-state index contributed by atoms with van der Waals surface area (Å²) >= 11 is 0. The number of esters is 1. The topological polar surface area (TPSA) is 97.6 Å².